The molecular formula is C17H28N2O4. The number of aliphatic carboxylic acids is 1. The standard InChI is InChI=1S/C17H28N2O4/c1-17(2)13(14(17)16(21)22)15(20)19(8-11-4-5-11)10-12-9-18(3)6-7-23-12/h11-14H,4-10H2,1-3H3,(H,21,22)/t12?,13-,14+/m0/s1. The molecule has 23 heavy (non-hydrogen) atoms. The maximum absolute atomic E-state index is 12.9. The highest BCUT2D eigenvalue weighted by Gasteiger charge is 2.66. The van der Waals surface area contributed by atoms with Gasteiger partial charge in [0.25, 0.3) is 0 Å². The summed E-state index contributed by atoms with van der Waals surface area (Å²) in [6.45, 7) is 7.54. The third-order valence-corrected chi connectivity index (χ3v) is 5.61. The summed E-state index contributed by atoms with van der Waals surface area (Å²) in [4.78, 5) is 28.4. The minimum Gasteiger partial charge on any atom is -0.481 e. The molecule has 2 aliphatic carbocycles. The van der Waals surface area contributed by atoms with E-state index in [9.17, 15) is 14.7 Å². The Morgan fingerprint density at radius 3 is 2.48 bits per heavy atom. The minimum absolute atomic E-state index is 0.00567. The Labute approximate surface area is 137 Å². The number of nitrogens with zero attached hydrogens (tertiary/aromatic N) is 2. The van der Waals surface area contributed by atoms with Crippen LogP contribution in [-0.2, 0) is 14.3 Å². The molecule has 0 spiro atoms. The van der Waals surface area contributed by atoms with Gasteiger partial charge in [-0.15, -0.1) is 0 Å². The molecule has 130 valence electrons. The monoisotopic (exact) mass is 324 g/mol. The third-order valence-electron chi connectivity index (χ3n) is 5.61. The summed E-state index contributed by atoms with van der Waals surface area (Å²) in [6.07, 6.45) is 2.37. The zero-order chi connectivity index (χ0) is 16.8. The van der Waals surface area contributed by atoms with Crippen LogP contribution < -0.4 is 0 Å². The highest BCUT2D eigenvalue weighted by Crippen LogP contribution is 2.59. The molecule has 2 saturated carbocycles. The lowest BCUT2D eigenvalue weighted by Gasteiger charge is -2.34. The van der Waals surface area contributed by atoms with Crippen molar-refractivity contribution in [2.75, 3.05) is 39.8 Å². The summed E-state index contributed by atoms with van der Waals surface area (Å²) >= 11 is 0. The number of carbonyl (C=O) groups excluding carboxylic acids is 1. The quantitative estimate of drug-likeness (QED) is 0.786. The second kappa shape index (κ2) is 6.06. The summed E-state index contributed by atoms with van der Waals surface area (Å²) in [5.41, 5.74) is -0.436. The van der Waals surface area contributed by atoms with E-state index in [4.69, 9.17) is 4.74 Å². The van der Waals surface area contributed by atoms with E-state index >= 15 is 0 Å². The number of ether oxygens (including phenoxy) is 1. The zero-order valence-electron chi connectivity index (χ0n) is 14.3. The molecule has 6 heteroatoms. The molecule has 3 rings (SSSR count). The fraction of sp³-hybridized carbons (Fsp3) is 0.882. The molecule has 1 aliphatic heterocycles. The van der Waals surface area contributed by atoms with Gasteiger partial charge in [0, 0.05) is 26.2 Å². The number of carboxylic acid groups (broad SMARTS) is 1. The molecule has 1 amide bonds. The topological polar surface area (TPSA) is 70.1 Å². The van der Waals surface area contributed by atoms with E-state index < -0.39 is 17.3 Å². The highest BCUT2D eigenvalue weighted by molar-refractivity contribution is 5.91. The molecule has 0 aromatic carbocycles. The minimum atomic E-state index is -0.853. The SMILES string of the molecule is CN1CCOC(CN(CC2CC2)C(=O)[C@@H]2[C@H](C(=O)O)C2(C)C)C1. The Bertz CT molecular complexity index is 489. The van der Waals surface area contributed by atoms with Gasteiger partial charge in [0.05, 0.1) is 24.5 Å². The van der Waals surface area contributed by atoms with Crippen molar-refractivity contribution in [3.05, 3.63) is 0 Å². The number of hydrogen-bond acceptors (Lipinski definition) is 4. The van der Waals surface area contributed by atoms with Crippen LogP contribution in [0.2, 0.25) is 0 Å². The fourth-order valence-corrected chi connectivity index (χ4v) is 3.85. The number of carbonyl (C=O) groups is 2. The van der Waals surface area contributed by atoms with Crippen LogP contribution in [-0.4, -0.2) is 72.7 Å². The van der Waals surface area contributed by atoms with Crippen molar-refractivity contribution in [2.45, 2.75) is 32.8 Å². The number of morpholine rings is 1. The molecule has 3 aliphatic rings. The summed E-state index contributed by atoms with van der Waals surface area (Å²) < 4.78 is 5.81. The van der Waals surface area contributed by atoms with Gasteiger partial charge in [-0.1, -0.05) is 13.8 Å². The first-order valence-electron chi connectivity index (χ1n) is 8.62. The molecule has 1 heterocycles. The smallest absolute Gasteiger partial charge is 0.307 e. The summed E-state index contributed by atoms with van der Waals surface area (Å²) in [6, 6.07) is 0. The Morgan fingerprint density at radius 2 is 1.96 bits per heavy atom. The molecule has 1 unspecified atom stereocenters. The van der Waals surface area contributed by atoms with E-state index in [-0.39, 0.29) is 17.9 Å². The van der Waals surface area contributed by atoms with Crippen molar-refractivity contribution >= 4 is 11.9 Å². The molecule has 3 atom stereocenters. The molecular weight excluding hydrogens is 296 g/mol. The van der Waals surface area contributed by atoms with Crippen molar-refractivity contribution in [3.8, 4) is 0 Å². The lowest BCUT2D eigenvalue weighted by Crippen LogP contribution is -2.48. The highest BCUT2D eigenvalue weighted by atomic mass is 16.5. The number of rotatable bonds is 6. The fourth-order valence-electron chi connectivity index (χ4n) is 3.85. The average Bonchev–Trinajstić information content (AvgIpc) is 3.34. The molecule has 0 radical (unpaired) electrons. The van der Waals surface area contributed by atoms with Gasteiger partial charge in [-0.25, -0.2) is 0 Å². The van der Waals surface area contributed by atoms with Crippen molar-refractivity contribution in [2.24, 2.45) is 23.2 Å². The second-order valence-corrected chi connectivity index (χ2v) is 8.06. The maximum atomic E-state index is 12.9. The van der Waals surface area contributed by atoms with Gasteiger partial charge in [0.15, 0.2) is 0 Å². The summed E-state index contributed by atoms with van der Waals surface area (Å²) in [5.74, 6) is -1.20. The third kappa shape index (κ3) is 3.53. The molecule has 6 nitrogen and oxygen atoms in total. The van der Waals surface area contributed by atoms with Crippen LogP contribution in [0.3, 0.4) is 0 Å². The first-order chi connectivity index (χ1) is 10.8. The van der Waals surface area contributed by atoms with E-state index in [0.29, 0.717) is 19.1 Å². The lowest BCUT2D eigenvalue weighted by atomic mass is 10.1. The largest absolute Gasteiger partial charge is 0.481 e. The van der Waals surface area contributed by atoms with Crippen LogP contribution in [0.15, 0.2) is 0 Å². The van der Waals surface area contributed by atoms with Crippen molar-refractivity contribution < 1.29 is 19.4 Å². The van der Waals surface area contributed by atoms with E-state index in [1.165, 1.54) is 12.8 Å². The number of hydrogen-bond donors (Lipinski definition) is 1. The molecule has 1 saturated heterocycles. The normalized spacial score (nSPS) is 33.3. The number of likely N-dealkylation sites (N-methyl/N-ethyl adjacent to an activating group) is 1. The van der Waals surface area contributed by atoms with Crippen molar-refractivity contribution in [1.82, 2.24) is 9.80 Å². The van der Waals surface area contributed by atoms with Crippen molar-refractivity contribution in [1.29, 1.82) is 0 Å². The van der Waals surface area contributed by atoms with Crippen LogP contribution in [0.25, 0.3) is 0 Å². The summed E-state index contributed by atoms with van der Waals surface area (Å²) in [5, 5.41) is 9.34. The average molecular weight is 324 g/mol. The zero-order valence-corrected chi connectivity index (χ0v) is 14.3. The van der Waals surface area contributed by atoms with Crippen LogP contribution in [0.1, 0.15) is 26.7 Å². The van der Waals surface area contributed by atoms with E-state index in [1.807, 2.05) is 18.7 Å². The predicted octanol–water partition coefficient (Wildman–Crippen LogP) is 0.912. The second-order valence-electron chi connectivity index (χ2n) is 8.06. The van der Waals surface area contributed by atoms with Gasteiger partial charge in [-0.3, -0.25) is 9.59 Å². The number of amides is 1. The Hall–Kier alpha value is -1.14. The maximum Gasteiger partial charge on any atom is 0.307 e. The van der Waals surface area contributed by atoms with Gasteiger partial charge in [0.1, 0.15) is 0 Å². The van der Waals surface area contributed by atoms with Gasteiger partial charge >= 0.3 is 5.97 Å². The first kappa shape index (κ1) is 16.7. The Balaban J connectivity index is 1.66. The first-order valence-corrected chi connectivity index (χ1v) is 8.62. The molecule has 3 fully saturated rings. The molecule has 0 aromatic rings. The van der Waals surface area contributed by atoms with Gasteiger partial charge < -0.3 is 19.6 Å². The molecule has 0 bridgehead atoms. The van der Waals surface area contributed by atoms with Gasteiger partial charge in [0.2, 0.25) is 5.91 Å². The van der Waals surface area contributed by atoms with E-state index in [2.05, 4.69) is 11.9 Å². The summed E-state index contributed by atoms with van der Waals surface area (Å²) in [7, 11) is 2.06. The van der Waals surface area contributed by atoms with Crippen LogP contribution >= 0.6 is 0 Å². The van der Waals surface area contributed by atoms with Crippen molar-refractivity contribution in [3.63, 3.8) is 0 Å². The van der Waals surface area contributed by atoms with Gasteiger partial charge in [-0.05, 0) is 31.2 Å². The number of carboxylic acids is 1. The Morgan fingerprint density at radius 1 is 1.26 bits per heavy atom. The molecule has 0 aromatic heterocycles. The molecule has 1 N–H and O–H groups in total. The lowest BCUT2D eigenvalue weighted by molar-refractivity contribution is -0.143. The van der Waals surface area contributed by atoms with Crippen LogP contribution in [0, 0.1) is 23.2 Å². The Kier molecular flexibility index (Phi) is 4.40. The predicted molar refractivity (Wildman–Crippen MR) is 84.9 cm³/mol. The van der Waals surface area contributed by atoms with Crippen LogP contribution in [0.4, 0.5) is 0 Å². The van der Waals surface area contributed by atoms with E-state index in [0.717, 1.165) is 19.6 Å². The van der Waals surface area contributed by atoms with Gasteiger partial charge in [-0.2, -0.15) is 0 Å². The van der Waals surface area contributed by atoms with E-state index in [1.54, 1.807) is 0 Å². The van der Waals surface area contributed by atoms with Crippen LogP contribution in [0.5, 0.6) is 0 Å².